The summed E-state index contributed by atoms with van der Waals surface area (Å²) in [5, 5.41) is 31.7. The van der Waals surface area contributed by atoms with E-state index in [1.165, 1.54) is 129 Å². The highest BCUT2D eigenvalue weighted by molar-refractivity contribution is 7.86. The lowest BCUT2D eigenvalue weighted by atomic mass is 10.1. The van der Waals surface area contributed by atoms with Crippen LogP contribution in [0.25, 0.3) is 0 Å². The molecule has 14 nitrogen and oxygen atoms in total. The summed E-state index contributed by atoms with van der Waals surface area (Å²) < 4.78 is 30.7. The lowest BCUT2D eigenvalue weighted by Crippen LogP contribution is -2.30. The maximum Gasteiger partial charge on any atom is 0.308 e. The monoisotopic (exact) mass is 631 g/mol. The number of unbranched alkanes of at least 4 members (excludes halogenated alkanes) is 8. The van der Waals surface area contributed by atoms with Gasteiger partial charge in [0.15, 0.2) is 0 Å². The van der Waals surface area contributed by atoms with Crippen LogP contribution < -0.4 is 0 Å². The maximum absolute atomic E-state index is 10.9. The van der Waals surface area contributed by atoms with Gasteiger partial charge in [0.1, 0.15) is 0 Å². The topological polar surface area (TPSA) is 190 Å². The minimum Gasteiger partial charge on any atom is -0.303 e. The van der Waals surface area contributed by atoms with Gasteiger partial charge in [0.05, 0.1) is 26.9 Å². The number of piperidine rings is 1. The van der Waals surface area contributed by atoms with Crippen molar-refractivity contribution < 1.29 is 27.7 Å². The molecule has 43 heavy (non-hydrogen) atoms. The third kappa shape index (κ3) is 15.5. The van der Waals surface area contributed by atoms with Crippen molar-refractivity contribution in [1.82, 2.24) is 9.80 Å². The van der Waals surface area contributed by atoms with Crippen LogP contribution >= 0.6 is 0 Å². The molecular weight excluding hydrogens is 582 g/mol. The Morgan fingerprint density at radius 2 is 1.16 bits per heavy atom. The van der Waals surface area contributed by atoms with E-state index in [1.54, 1.807) is 0 Å². The highest BCUT2D eigenvalue weighted by atomic mass is 32.2. The first-order valence-corrected chi connectivity index (χ1v) is 16.9. The Bertz CT molecular complexity index is 1070. The molecule has 1 aromatic rings. The predicted octanol–water partition coefficient (Wildman–Crippen LogP) is 6.76. The van der Waals surface area contributed by atoms with Crippen molar-refractivity contribution in [3.8, 4) is 0 Å². The van der Waals surface area contributed by atoms with E-state index in [0.717, 1.165) is 0 Å². The Morgan fingerprint density at radius 1 is 0.721 bits per heavy atom. The Morgan fingerprint density at radius 3 is 1.56 bits per heavy atom. The SMILES string of the molecule is CCCN(CCC)CCCCCCCCCCCN1CCCCC1.O=[N+]([O-])c1cc([N+](=O)[O-])c(S(=O)(=O)O)c([N+](=O)[O-])c1. The molecule has 246 valence electrons. The van der Waals surface area contributed by atoms with E-state index >= 15 is 0 Å². The van der Waals surface area contributed by atoms with Crippen LogP contribution in [0, 0.1) is 30.3 Å². The fraction of sp³-hybridized carbons (Fsp3) is 0.786. The van der Waals surface area contributed by atoms with Crippen molar-refractivity contribution in [3.05, 3.63) is 42.5 Å². The maximum atomic E-state index is 10.9. The van der Waals surface area contributed by atoms with Crippen molar-refractivity contribution in [3.63, 3.8) is 0 Å². The van der Waals surface area contributed by atoms with Gasteiger partial charge in [-0.15, -0.1) is 0 Å². The number of hydrogen-bond donors (Lipinski definition) is 1. The Hall–Kier alpha value is -2.75. The molecule has 0 unspecified atom stereocenters. The van der Waals surface area contributed by atoms with Gasteiger partial charge in [-0.05, 0) is 77.8 Å². The van der Waals surface area contributed by atoms with Crippen molar-refractivity contribution in [2.75, 3.05) is 39.3 Å². The summed E-state index contributed by atoms with van der Waals surface area (Å²) >= 11 is 0. The fourth-order valence-electron chi connectivity index (χ4n) is 5.28. The highest BCUT2D eigenvalue weighted by Gasteiger charge is 2.37. The second-order valence-corrected chi connectivity index (χ2v) is 12.3. The van der Waals surface area contributed by atoms with E-state index in [-0.39, 0.29) is 12.1 Å². The van der Waals surface area contributed by atoms with E-state index in [2.05, 4.69) is 23.6 Å². The standard InChI is InChI=1S/C22H46N2.C6H3N3O9S/c1-3-17-23(18-4-2)19-13-10-8-6-5-7-9-11-14-20-24-21-15-12-16-22-24;10-7(11)3-1-4(8(12)13)6(19(16,17)18)5(2-3)9(14)15/h3-22H2,1-2H3;1-2H,(H,16,17,18). The third-order valence-electron chi connectivity index (χ3n) is 7.37. The molecule has 2 rings (SSSR count). The normalized spacial score (nSPS) is 13.9. The molecule has 0 amide bonds. The van der Waals surface area contributed by atoms with Crippen LogP contribution in [0.15, 0.2) is 17.0 Å². The van der Waals surface area contributed by atoms with Crippen molar-refractivity contribution in [2.45, 2.75) is 109 Å². The molecule has 0 bridgehead atoms. The van der Waals surface area contributed by atoms with Gasteiger partial charge in [0.2, 0.25) is 4.90 Å². The van der Waals surface area contributed by atoms with Crippen LogP contribution in [-0.4, -0.2) is 76.8 Å². The summed E-state index contributed by atoms with van der Waals surface area (Å²) in [6.45, 7) is 12.6. The van der Waals surface area contributed by atoms with E-state index in [9.17, 15) is 38.8 Å². The van der Waals surface area contributed by atoms with Crippen molar-refractivity contribution in [1.29, 1.82) is 0 Å². The Labute approximate surface area is 255 Å². The molecule has 0 spiro atoms. The van der Waals surface area contributed by atoms with Crippen molar-refractivity contribution >= 4 is 27.2 Å². The van der Waals surface area contributed by atoms with Gasteiger partial charge in [0.25, 0.3) is 5.69 Å². The van der Waals surface area contributed by atoms with Crippen LogP contribution in [0.1, 0.15) is 104 Å². The molecule has 1 fully saturated rings. The van der Waals surface area contributed by atoms with E-state index in [1.807, 2.05) is 0 Å². The molecule has 1 aromatic carbocycles. The molecule has 15 heteroatoms. The first-order chi connectivity index (χ1) is 20.4. The van der Waals surface area contributed by atoms with Gasteiger partial charge < -0.3 is 9.80 Å². The van der Waals surface area contributed by atoms with Crippen LogP contribution in [0.5, 0.6) is 0 Å². The van der Waals surface area contributed by atoms with Crippen LogP contribution in [-0.2, 0) is 10.1 Å². The summed E-state index contributed by atoms with van der Waals surface area (Å²) in [7, 11) is -5.30. The molecule has 1 N–H and O–H groups in total. The van der Waals surface area contributed by atoms with Gasteiger partial charge in [-0.1, -0.05) is 65.2 Å². The molecule has 0 aromatic heterocycles. The zero-order valence-corrected chi connectivity index (χ0v) is 26.5. The molecular formula is C28H49N5O9S. The minimum absolute atomic E-state index is 0.204. The van der Waals surface area contributed by atoms with Crippen LogP contribution in [0.3, 0.4) is 0 Å². The largest absolute Gasteiger partial charge is 0.308 e. The zero-order valence-electron chi connectivity index (χ0n) is 25.7. The molecule has 0 saturated carbocycles. The van der Waals surface area contributed by atoms with E-state index in [4.69, 9.17) is 4.55 Å². The molecule has 1 heterocycles. The number of non-ortho nitro benzene ring substituents is 1. The van der Waals surface area contributed by atoms with E-state index < -0.39 is 46.8 Å². The summed E-state index contributed by atoms with van der Waals surface area (Å²) in [5.74, 6) is 0. The number of likely N-dealkylation sites (tertiary alicyclic amines) is 1. The second-order valence-electron chi connectivity index (χ2n) is 11.0. The van der Waals surface area contributed by atoms with Gasteiger partial charge in [0, 0.05) is 0 Å². The molecule has 0 aliphatic carbocycles. The number of nitrogens with zero attached hydrogens (tertiary/aromatic N) is 5. The first kappa shape index (κ1) is 38.3. The number of benzene rings is 1. The smallest absolute Gasteiger partial charge is 0.303 e. The van der Waals surface area contributed by atoms with E-state index in [0.29, 0.717) is 0 Å². The fourth-order valence-corrected chi connectivity index (χ4v) is 6.08. The number of hydrogen-bond acceptors (Lipinski definition) is 10. The van der Waals surface area contributed by atoms with Crippen molar-refractivity contribution in [2.24, 2.45) is 0 Å². The Balaban J connectivity index is 0.000000442. The number of nitro groups is 3. The summed E-state index contributed by atoms with van der Waals surface area (Å²) in [4.78, 5) is 31.5. The van der Waals surface area contributed by atoms with Gasteiger partial charge in [-0.3, -0.25) is 34.9 Å². The quantitative estimate of drug-likeness (QED) is 0.0692. The molecule has 0 atom stereocenters. The van der Waals surface area contributed by atoms with Gasteiger partial charge in [-0.25, -0.2) is 0 Å². The second kappa shape index (κ2) is 21.0. The van der Waals surface area contributed by atoms with Crippen LogP contribution in [0.2, 0.25) is 0 Å². The minimum atomic E-state index is -5.30. The summed E-state index contributed by atoms with van der Waals surface area (Å²) in [6.07, 6.45) is 20.0. The zero-order chi connectivity index (χ0) is 32.3. The number of rotatable bonds is 20. The third-order valence-corrected chi connectivity index (χ3v) is 8.31. The molecule has 1 aliphatic rings. The number of nitro benzene ring substituents is 3. The lowest BCUT2D eigenvalue weighted by molar-refractivity contribution is -0.407. The van der Waals surface area contributed by atoms with Gasteiger partial charge in [-0.2, -0.15) is 8.42 Å². The molecule has 1 saturated heterocycles. The average Bonchev–Trinajstić information content (AvgIpc) is 2.95. The lowest BCUT2D eigenvalue weighted by Gasteiger charge is -2.26. The Kier molecular flexibility index (Phi) is 18.7. The average molecular weight is 632 g/mol. The first-order valence-electron chi connectivity index (χ1n) is 15.5. The molecule has 0 radical (unpaired) electrons. The van der Waals surface area contributed by atoms with Crippen LogP contribution in [0.4, 0.5) is 17.1 Å². The molecule has 1 aliphatic heterocycles. The highest BCUT2D eigenvalue weighted by Crippen LogP contribution is 2.36. The summed E-state index contributed by atoms with van der Waals surface area (Å²) in [5.41, 5.74) is -3.96. The predicted molar refractivity (Wildman–Crippen MR) is 165 cm³/mol. The summed E-state index contributed by atoms with van der Waals surface area (Å²) in [6, 6.07) is 0.409. The van der Waals surface area contributed by atoms with Gasteiger partial charge >= 0.3 is 21.5 Å².